The summed E-state index contributed by atoms with van der Waals surface area (Å²) in [5.41, 5.74) is 3.25. The molecule has 3 fully saturated rings. The molecule has 10 heteroatoms. The molecule has 2 aromatic carbocycles. The number of carbonyl (C=O) groups is 2. The number of hydrogen-bond acceptors (Lipinski definition) is 7. The van der Waals surface area contributed by atoms with Crippen LogP contribution in [0.3, 0.4) is 0 Å². The number of rotatable bonds is 6. The van der Waals surface area contributed by atoms with Gasteiger partial charge in [0.05, 0.1) is 21.1 Å². The summed E-state index contributed by atoms with van der Waals surface area (Å²) in [4.78, 5) is 29.1. The highest BCUT2D eigenvalue weighted by molar-refractivity contribution is 6.39. The summed E-state index contributed by atoms with van der Waals surface area (Å²) in [7, 11) is 1.95. The number of piperidine rings is 1. The Hall–Kier alpha value is -3.49. The average Bonchev–Trinajstić information content (AvgIpc) is 3.54. The van der Waals surface area contributed by atoms with Crippen LogP contribution in [0.2, 0.25) is 10.0 Å². The number of fused-ring (bicyclic) bond motifs is 3. The molecule has 0 unspecified atom stereocenters. The number of carbonyl (C=O) groups excluding carboxylic acids is 2. The molecule has 0 radical (unpaired) electrons. The van der Waals surface area contributed by atoms with Gasteiger partial charge in [0.1, 0.15) is 23.0 Å². The Labute approximate surface area is 266 Å². The lowest BCUT2D eigenvalue weighted by atomic mass is 9.98. The van der Waals surface area contributed by atoms with E-state index < -0.39 is 11.6 Å². The summed E-state index contributed by atoms with van der Waals surface area (Å²) in [5, 5.41) is 5.94. The SMILES string of the molecule is Cn1cc(C(=O)OC(C)(C)C)c2ccc(N3[C@@H]4CC[C@H]3C[C@@H](OC(=O)c3c(-c5c(Cl)cccc5Cl)noc3C3CC3)C4)cc21. The summed E-state index contributed by atoms with van der Waals surface area (Å²) in [5.74, 6) is -0.0440. The summed E-state index contributed by atoms with van der Waals surface area (Å²) in [6.45, 7) is 5.61. The van der Waals surface area contributed by atoms with E-state index in [1.165, 1.54) is 0 Å². The molecule has 0 N–H and O–H groups in total. The summed E-state index contributed by atoms with van der Waals surface area (Å²) >= 11 is 13.0. The van der Waals surface area contributed by atoms with Gasteiger partial charge < -0.3 is 23.5 Å². The van der Waals surface area contributed by atoms with Crippen molar-refractivity contribution >= 4 is 51.7 Å². The van der Waals surface area contributed by atoms with Gasteiger partial charge in [0.15, 0.2) is 5.76 Å². The number of aryl methyl sites for hydroxylation is 1. The van der Waals surface area contributed by atoms with Crippen molar-refractivity contribution in [1.82, 2.24) is 9.72 Å². The fourth-order valence-electron chi connectivity index (χ4n) is 6.90. The number of ether oxygens (including phenoxy) is 2. The van der Waals surface area contributed by atoms with Crippen molar-refractivity contribution in [2.75, 3.05) is 4.90 Å². The van der Waals surface area contributed by atoms with Gasteiger partial charge in [0, 0.05) is 60.7 Å². The van der Waals surface area contributed by atoms with Crippen molar-refractivity contribution in [3.8, 4) is 11.3 Å². The minimum Gasteiger partial charge on any atom is -0.458 e. The Morgan fingerprint density at radius 2 is 1.66 bits per heavy atom. The largest absolute Gasteiger partial charge is 0.458 e. The van der Waals surface area contributed by atoms with Gasteiger partial charge in [-0.2, -0.15) is 0 Å². The van der Waals surface area contributed by atoms with Gasteiger partial charge in [-0.1, -0.05) is 34.4 Å². The Kier molecular flexibility index (Phi) is 7.20. The molecule has 2 aliphatic heterocycles. The number of benzene rings is 2. The van der Waals surface area contributed by atoms with Gasteiger partial charge in [-0.05, 0) is 76.8 Å². The maximum atomic E-state index is 13.8. The van der Waals surface area contributed by atoms with Gasteiger partial charge in [-0.3, -0.25) is 0 Å². The molecule has 1 saturated carbocycles. The molecule has 2 bridgehead atoms. The number of aromatic nitrogens is 2. The first kappa shape index (κ1) is 29.2. The van der Waals surface area contributed by atoms with Crippen molar-refractivity contribution in [3.05, 3.63) is 69.5 Å². The number of halogens is 2. The second-order valence-electron chi connectivity index (χ2n) is 13.3. The lowest BCUT2D eigenvalue weighted by Crippen LogP contribution is -2.46. The first-order valence-corrected chi connectivity index (χ1v) is 16.0. The molecule has 4 heterocycles. The van der Waals surface area contributed by atoms with Crippen LogP contribution in [-0.2, 0) is 16.5 Å². The molecule has 4 aromatic rings. The Balaban J connectivity index is 1.11. The molecule has 44 heavy (non-hydrogen) atoms. The molecule has 8 nitrogen and oxygen atoms in total. The van der Waals surface area contributed by atoms with Crippen LogP contribution in [-0.4, -0.2) is 45.5 Å². The zero-order chi connectivity index (χ0) is 30.9. The molecule has 230 valence electrons. The molecule has 2 saturated heterocycles. The third kappa shape index (κ3) is 5.26. The maximum absolute atomic E-state index is 13.8. The van der Waals surface area contributed by atoms with Crippen LogP contribution in [0.15, 0.2) is 47.1 Å². The minimum atomic E-state index is -0.566. The predicted octanol–water partition coefficient (Wildman–Crippen LogP) is 8.33. The van der Waals surface area contributed by atoms with Gasteiger partial charge in [-0.25, -0.2) is 9.59 Å². The van der Waals surface area contributed by atoms with Crippen LogP contribution >= 0.6 is 23.2 Å². The van der Waals surface area contributed by atoms with E-state index >= 15 is 0 Å². The zero-order valence-electron chi connectivity index (χ0n) is 25.2. The highest BCUT2D eigenvalue weighted by atomic mass is 35.5. The number of esters is 2. The van der Waals surface area contributed by atoms with Gasteiger partial charge in [0.2, 0.25) is 0 Å². The first-order valence-electron chi connectivity index (χ1n) is 15.2. The van der Waals surface area contributed by atoms with Crippen LogP contribution in [0.4, 0.5) is 5.69 Å². The van der Waals surface area contributed by atoms with Gasteiger partial charge >= 0.3 is 11.9 Å². The van der Waals surface area contributed by atoms with E-state index in [1.54, 1.807) is 18.2 Å². The monoisotopic (exact) mass is 635 g/mol. The zero-order valence-corrected chi connectivity index (χ0v) is 26.7. The minimum absolute atomic E-state index is 0.154. The fraction of sp³-hybridized carbons (Fsp3) is 0.441. The smallest absolute Gasteiger partial charge is 0.344 e. The van der Waals surface area contributed by atoms with E-state index in [0.29, 0.717) is 38.2 Å². The molecule has 2 aromatic heterocycles. The molecular formula is C34H35Cl2N3O5. The van der Waals surface area contributed by atoms with Crippen molar-refractivity contribution in [2.45, 2.75) is 89.0 Å². The van der Waals surface area contributed by atoms with Gasteiger partial charge in [0.25, 0.3) is 0 Å². The number of hydrogen-bond donors (Lipinski definition) is 0. The molecule has 3 aliphatic rings. The first-order chi connectivity index (χ1) is 21.0. The summed E-state index contributed by atoms with van der Waals surface area (Å²) in [6, 6.07) is 11.9. The van der Waals surface area contributed by atoms with Crippen LogP contribution in [0, 0.1) is 0 Å². The predicted molar refractivity (Wildman–Crippen MR) is 170 cm³/mol. The van der Waals surface area contributed by atoms with Crippen molar-refractivity contribution in [3.63, 3.8) is 0 Å². The van der Waals surface area contributed by atoms with E-state index in [4.69, 9.17) is 37.2 Å². The molecule has 7 rings (SSSR count). The number of anilines is 1. The number of nitrogens with zero attached hydrogens (tertiary/aromatic N) is 3. The third-order valence-corrected chi connectivity index (χ3v) is 9.55. The van der Waals surface area contributed by atoms with Crippen molar-refractivity contribution in [1.29, 1.82) is 0 Å². The van der Waals surface area contributed by atoms with E-state index in [9.17, 15) is 9.59 Å². The molecule has 1 aliphatic carbocycles. The van der Waals surface area contributed by atoms with E-state index in [0.717, 1.165) is 55.1 Å². The van der Waals surface area contributed by atoms with Crippen LogP contribution < -0.4 is 4.90 Å². The maximum Gasteiger partial charge on any atom is 0.344 e. The lowest BCUT2D eigenvalue weighted by Gasteiger charge is -2.40. The summed E-state index contributed by atoms with van der Waals surface area (Å²) < 4.78 is 19.5. The molecule has 0 amide bonds. The van der Waals surface area contributed by atoms with Crippen molar-refractivity contribution in [2.24, 2.45) is 7.05 Å². The highest BCUT2D eigenvalue weighted by Gasteiger charge is 2.44. The Morgan fingerprint density at radius 3 is 2.30 bits per heavy atom. The van der Waals surface area contributed by atoms with Crippen LogP contribution in [0.5, 0.6) is 0 Å². The lowest BCUT2D eigenvalue weighted by molar-refractivity contribution is 0.00706. The second kappa shape index (κ2) is 10.8. The normalized spacial score (nSPS) is 21.6. The molecule has 3 atom stereocenters. The standard InChI is InChI=1S/C34H35Cl2N3O5/c1-34(2,3)43-32(40)24-17-38(4)27-16-21(12-13-23(24)27)39-19-10-11-20(39)15-22(14-19)42-33(41)29-30(37-44-31(29)18-8-9-18)28-25(35)6-5-7-26(28)36/h5-7,12-13,16-20,22H,8-11,14-15H2,1-4H3/t19-,20+,22+. The quantitative estimate of drug-likeness (QED) is 0.197. The Bertz CT molecular complexity index is 1750. The third-order valence-electron chi connectivity index (χ3n) is 8.93. The van der Waals surface area contributed by atoms with Crippen LogP contribution in [0.25, 0.3) is 22.2 Å². The highest BCUT2D eigenvalue weighted by Crippen LogP contribution is 2.47. The van der Waals surface area contributed by atoms with E-state index in [2.05, 4.69) is 22.2 Å². The van der Waals surface area contributed by atoms with Crippen molar-refractivity contribution < 1.29 is 23.6 Å². The fourth-order valence-corrected chi connectivity index (χ4v) is 7.48. The second-order valence-corrected chi connectivity index (χ2v) is 14.1. The van der Waals surface area contributed by atoms with Crippen LogP contribution in [0.1, 0.15) is 91.7 Å². The molecular weight excluding hydrogens is 601 g/mol. The summed E-state index contributed by atoms with van der Waals surface area (Å²) in [6.07, 6.45) is 6.99. The van der Waals surface area contributed by atoms with E-state index in [-0.39, 0.29) is 30.1 Å². The average molecular weight is 637 g/mol. The molecule has 0 spiro atoms. The topological polar surface area (TPSA) is 86.8 Å². The van der Waals surface area contributed by atoms with E-state index in [1.807, 2.05) is 44.6 Å². The Morgan fingerprint density at radius 1 is 0.977 bits per heavy atom. The van der Waals surface area contributed by atoms with Gasteiger partial charge in [-0.15, -0.1) is 0 Å².